The fraction of sp³-hybridized carbons (Fsp3) is 0.346. The minimum absolute atomic E-state index is 0.00969. The van der Waals surface area contributed by atoms with E-state index in [1.54, 1.807) is 0 Å². The molecule has 1 saturated heterocycles. The Hall–Kier alpha value is -3.43. The number of nitrogens with zero attached hydrogens (tertiary/aromatic N) is 3. The van der Waals surface area contributed by atoms with Gasteiger partial charge in [-0.3, -0.25) is 9.78 Å². The molecule has 1 aliphatic carbocycles. The van der Waals surface area contributed by atoms with Gasteiger partial charge in [-0.25, -0.2) is 22.7 Å². The summed E-state index contributed by atoms with van der Waals surface area (Å²) >= 11 is 0. The predicted octanol–water partition coefficient (Wildman–Crippen LogP) is 1.52. The number of phosphoric acid groups is 1. The van der Waals surface area contributed by atoms with Gasteiger partial charge in [-0.2, -0.15) is 0 Å². The fourth-order valence-corrected chi connectivity index (χ4v) is 5.35. The number of benzene rings is 1. The Bertz CT molecular complexity index is 1530. The number of rotatable bonds is 4. The van der Waals surface area contributed by atoms with E-state index in [1.807, 2.05) is 11.8 Å². The highest BCUT2D eigenvalue weighted by Crippen LogP contribution is 2.44. The number of hydrogen-bond donors (Lipinski definition) is 7. The molecule has 42 heavy (non-hydrogen) atoms. The zero-order valence-corrected chi connectivity index (χ0v) is 23.0. The van der Waals surface area contributed by atoms with Crippen molar-refractivity contribution in [3.05, 3.63) is 64.9 Å². The first kappa shape index (κ1) is 31.5. The van der Waals surface area contributed by atoms with E-state index >= 15 is 4.39 Å². The highest BCUT2D eigenvalue weighted by atomic mass is 31.2. The Labute approximate surface area is 237 Å². The van der Waals surface area contributed by atoms with Crippen LogP contribution in [0.4, 0.5) is 18.9 Å². The molecular weight excluding hydrogens is 582 g/mol. The number of pyridine rings is 2. The summed E-state index contributed by atoms with van der Waals surface area (Å²) in [6.07, 6.45) is 0.778. The average Bonchev–Trinajstić information content (AvgIpc) is 3.26. The number of primary amides is 1. The monoisotopic (exact) mass is 611 g/mol. The lowest BCUT2D eigenvalue weighted by Crippen LogP contribution is -2.56. The number of aliphatic hydroxyl groups is 2. The van der Waals surface area contributed by atoms with Crippen molar-refractivity contribution in [3.8, 4) is 22.4 Å². The highest BCUT2D eigenvalue weighted by molar-refractivity contribution is 7.45. The number of piperidine rings is 1. The summed E-state index contributed by atoms with van der Waals surface area (Å²) in [5, 5.41) is 20.8. The normalized spacial score (nSPS) is 21.9. The number of aliphatic hydroxyl groups excluding tert-OH is 2. The van der Waals surface area contributed by atoms with E-state index < -0.39 is 66.4 Å². The maximum absolute atomic E-state index is 15.4. The standard InChI is InChI=1S/C26H26F3N5O3.H3O4P/c1-11-9-34(10-18(30)25(11)36)24-12-5-6-19(35)21(12)32-8-14(24)13-7-17(29)23(33-22(13)26(31)37)20-15(27)3-2-4-16(20)28;1-5(2,3)4/h2-4,7-8,11,18-19,25,35-36H,5-6,9-10,30H2,1H3,(H2,31,37);(H3,1,2,3,4)/t11-,18+,19+,25+;/m0./s1. The molecule has 0 radical (unpaired) electrons. The summed E-state index contributed by atoms with van der Waals surface area (Å²) in [5.41, 5.74) is 12.1. The summed E-state index contributed by atoms with van der Waals surface area (Å²) in [5.74, 6) is -4.38. The zero-order valence-electron chi connectivity index (χ0n) is 22.2. The molecule has 1 amide bonds. The molecule has 0 bridgehead atoms. The number of aromatic nitrogens is 2. The number of anilines is 1. The molecule has 1 fully saturated rings. The van der Waals surface area contributed by atoms with Crippen molar-refractivity contribution in [2.75, 3.05) is 18.0 Å². The quantitative estimate of drug-likeness (QED) is 0.210. The Morgan fingerprint density at radius 3 is 2.26 bits per heavy atom. The van der Waals surface area contributed by atoms with Crippen LogP contribution in [-0.4, -0.2) is 66.0 Å². The van der Waals surface area contributed by atoms with Crippen LogP contribution in [0.1, 0.15) is 41.2 Å². The third-order valence-electron chi connectivity index (χ3n) is 7.14. The van der Waals surface area contributed by atoms with Gasteiger partial charge in [0, 0.05) is 47.9 Å². The van der Waals surface area contributed by atoms with E-state index in [2.05, 4.69) is 9.97 Å². The Morgan fingerprint density at radius 2 is 1.69 bits per heavy atom. The summed E-state index contributed by atoms with van der Waals surface area (Å²) < 4.78 is 53.2. The Kier molecular flexibility index (Phi) is 9.04. The molecule has 0 unspecified atom stereocenters. The van der Waals surface area contributed by atoms with E-state index in [1.165, 1.54) is 6.20 Å². The van der Waals surface area contributed by atoms with E-state index in [0.717, 1.165) is 24.3 Å². The van der Waals surface area contributed by atoms with Gasteiger partial charge in [0.1, 0.15) is 28.8 Å². The Balaban J connectivity index is 0.000000748. The molecule has 1 aromatic carbocycles. The first-order valence-corrected chi connectivity index (χ1v) is 14.3. The van der Waals surface area contributed by atoms with Crippen molar-refractivity contribution < 1.29 is 47.4 Å². The van der Waals surface area contributed by atoms with Crippen molar-refractivity contribution in [2.45, 2.75) is 38.0 Å². The molecule has 0 spiro atoms. The van der Waals surface area contributed by atoms with Gasteiger partial charge in [-0.1, -0.05) is 13.0 Å². The van der Waals surface area contributed by atoms with Crippen molar-refractivity contribution in [2.24, 2.45) is 17.4 Å². The molecule has 16 heteroatoms. The van der Waals surface area contributed by atoms with Crippen LogP contribution < -0.4 is 16.4 Å². The van der Waals surface area contributed by atoms with Crippen LogP contribution >= 0.6 is 7.82 Å². The number of fused-ring (bicyclic) bond motifs is 1. The third-order valence-corrected chi connectivity index (χ3v) is 7.14. The van der Waals surface area contributed by atoms with E-state index in [4.69, 9.17) is 30.7 Å². The topological polar surface area (TPSA) is 216 Å². The second-order valence-corrected chi connectivity index (χ2v) is 11.2. The number of nitrogens with two attached hydrogens (primary N) is 2. The van der Waals surface area contributed by atoms with Crippen molar-refractivity contribution >= 4 is 19.4 Å². The van der Waals surface area contributed by atoms with E-state index in [0.29, 0.717) is 41.9 Å². The maximum atomic E-state index is 15.4. The average molecular weight is 612 g/mol. The van der Waals surface area contributed by atoms with Crippen LogP contribution in [0.15, 0.2) is 30.5 Å². The van der Waals surface area contributed by atoms with Crippen LogP contribution in [0.25, 0.3) is 22.4 Å². The lowest BCUT2D eigenvalue weighted by molar-refractivity contribution is 0.0785. The molecule has 0 saturated carbocycles. The van der Waals surface area contributed by atoms with Gasteiger partial charge in [0.25, 0.3) is 5.91 Å². The largest absolute Gasteiger partial charge is 0.466 e. The second-order valence-electron chi connectivity index (χ2n) is 10.2. The summed E-state index contributed by atoms with van der Waals surface area (Å²) in [4.78, 5) is 44.4. The van der Waals surface area contributed by atoms with Gasteiger partial charge in [0.15, 0.2) is 0 Å². The van der Waals surface area contributed by atoms with E-state index in [-0.39, 0.29) is 18.0 Å². The van der Waals surface area contributed by atoms with Crippen LogP contribution in [0.2, 0.25) is 0 Å². The van der Waals surface area contributed by atoms with Gasteiger partial charge < -0.3 is 41.3 Å². The molecule has 2 aliphatic rings. The molecular formula is C26H29F3N5O7P. The van der Waals surface area contributed by atoms with Crippen molar-refractivity contribution in [1.82, 2.24) is 9.97 Å². The molecule has 5 rings (SSSR count). The van der Waals surface area contributed by atoms with Crippen LogP contribution in [-0.2, 0) is 11.0 Å². The smallest absolute Gasteiger partial charge is 0.391 e. The van der Waals surface area contributed by atoms with E-state index in [9.17, 15) is 23.8 Å². The number of carbonyl (C=O) groups excluding carboxylic acids is 1. The first-order valence-electron chi connectivity index (χ1n) is 12.7. The van der Waals surface area contributed by atoms with Crippen molar-refractivity contribution in [3.63, 3.8) is 0 Å². The number of amides is 1. The van der Waals surface area contributed by atoms with Crippen molar-refractivity contribution in [1.29, 1.82) is 0 Å². The molecule has 2 aromatic heterocycles. The van der Waals surface area contributed by atoms with Crippen LogP contribution in [0.5, 0.6) is 0 Å². The summed E-state index contributed by atoms with van der Waals surface area (Å²) in [6, 6.07) is 3.44. The minimum atomic E-state index is -4.64. The molecule has 226 valence electrons. The van der Waals surface area contributed by atoms with Crippen LogP contribution in [0.3, 0.4) is 0 Å². The van der Waals surface area contributed by atoms with Gasteiger partial charge in [0.2, 0.25) is 0 Å². The van der Waals surface area contributed by atoms with Gasteiger partial charge in [-0.05, 0) is 31.0 Å². The Morgan fingerprint density at radius 1 is 1.07 bits per heavy atom. The molecule has 1 aliphatic heterocycles. The van der Waals surface area contributed by atoms with Gasteiger partial charge >= 0.3 is 7.82 Å². The molecule has 4 atom stereocenters. The number of carbonyl (C=O) groups is 1. The molecule has 9 N–H and O–H groups in total. The number of halogens is 3. The minimum Gasteiger partial charge on any atom is -0.391 e. The highest BCUT2D eigenvalue weighted by Gasteiger charge is 2.36. The number of hydrogen-bond acceptors (Lipinski definition) is 8. The van der Waals surface area contributed by atoms with Gasteiger partial charge in [0.05, 0.1) is 29.2 Å². The molecule has 3 heterocycles. The third kappa shape index (κ3) is 6.47. The molecule has 3 aromatic rings. The fourth-order valence-electron chi connectivity index (χ4n) is 5.35. The summed E-state index contributed by atoms with van der Waals surface area (Å²) in [7, 11) is -4.64. The zero-order chi connectivity index (χ0) is 31.1. The second kappa shape index (κ2) is 12.1. The van der Waals surface area contributed by atoms with Crippen LogP contribution in [0, 0.1) is 23.4 Å². The lowest BCUT2D eigenvalue weighted by atomic mass is 9.90. The summed E-state index contributed by atoms with van der Waals surface area (Å²) in [6.45, 7) is 2.50. The predicted molar refractivity (Wildman–Crippen MR) is 144 cm³/mol. The SMILES string of the molecule is C[C@H]1CN(c2c(-c3cc(F)c(-c4c(F)cccc4F)nc3C(N)=O)cnc3c2CC[C@H]3O)C[C@@H](N)[C@@H]1O.O=P(O)(O)O. The molecule has 12 nitrogen and oxygen atoms in total. The van der Waals surface area contributed by atoms with Gasteiger partial charge in [-0.15, -0.1) is 0 Å². The maximum Gasteiger partial charge on any atom is 0.466 e. The first-order chi connectivity index (χ1) is 19.6. The lowest BCUT2D eigenvalue weighted by Gasteiger charge is -2.41.